The Hall–Kier alpha value is -2.48. The Balaban J connectivity index is 1.42. The molecule has 1 fully saturated rings. The molecule has 0 bridgehead atoms. The summed E-state index contributed by atoms with van der Waals surface area (Å²) in [5.74, 6) is -0.000433. The number of hydrogen-bond acceptors (Lipinski definition) is 5. The molecule has 1 aliphatic heterocycles. The van der Waals surface area contributed by atoms with Crippen molar-refractivity contribution in [2.75, 3.05) is 19.8 Å². The number of halogens is 1. The summed E-state index contributed by atoms with van der Waals surface area (Å²) >= 11 is 0. The highest BCUT2D eigenvalue weighted by Gasteiger charge is 2.17. The van der Waals surface area contributed by atoms with Gasteiger partial charge in [-0.05, 0) is 37.1 Å². The van der Waals surface area contributed by atoms with Gasteiger partial charge in [0.25, 0.3) is 5.91 Å². The molecule has 7 nitrogen and oxygen atoms in total. The lowest BCUT2D eigenvalue weighted by atomic mass is 10.2. The Morgan fingerprint density at radius 2 is 2.25 bits per heavy atom. The second-order valence-corrected chi connectivity index (χ2v) is 5.51. The Labute approximate surface area is 138 Å². The van der Waals surface area contributed by atoms with Crippen LogP contribution in [0.5, 0.6) is 5.75 Å². The second-order valence-electron chi connectivity index (χ2n) is 5.51. The minimum absolute atomic E-state index is 0.0908. The molecule has 1 N–H and O–H groups in total. The van der Waals surface area contributed by atoms with E-state index in [-0.39, 0.29) is 23.5 Å². The minimum atomic E-state index is -0.308. The van der Waals surface area contributed by atoms with Gasteiger partial charge in [0.1, 0.15) is 18.2 Å². The SMILES string of the molecule is O=C(NC[C@@H]1CCCO1)c1cn(CCOc2ccc(F)cc2)nn1. The molecule has 1 amide bonds. The van der Waals surface area contributed by atoms with Gasteiger partial charge in [0.15, 0.2) is 5.69 Å². The molecule has 8 heteroatoms. The second kappa shape index (κ2) is 7.87. The van der Waals surface area contributed by atoms with Gasteiger partial charge in [-0.25, -0.2) is 9.07 Å². The third-order valence-electron chi connectivity index (χ3n) is 3.69. The van der Waals surface area contributed by atoms with Crippen LogP contribution in [0, 0.1) is 5.82 Å². The van der Waals surface area contributed by atoms with E-state index in [2.05, 4.69) is 15.6 Å². The first kappa shape index (κ1) is 16.4. The predicted octanol–water partition coefficient (Wildman–Crippen LogP) is 1.40. The number of hydrogen-bond donors (Lipinski definition) is 1. The average molecular weight is 334 g/mol. The standard InChI is InChI=1S/C16H19FN4O3/c17-12-3-5-13(6-4-12)24-9-7-21-11-15(19-20-21)16(22)18-10-14-2-1-8-23-14/h3-6,11,14H,1-2,7-10H2,(H,18,22)/t14-/m0/s1. The van der Waals surface area contributed by atoms with Gasteiger partial charge in [-0.1, -0.05) is 5.21 Å². The highest BCUT2D eigenvalue weighted by atomic mass is 19.1. The molecule has 1 atom stereocenters. The van der Waals surface area contributed by atoms with Crippen molar-refractivity contribution in [3.05, 3.63) is 42.0 Å². The van der Waals surface area contributed by atoms with Crippen LogP contribution in [0.2, 0.25) is 0 Å². The zero-order valence-corrected chi connectivity index (χ0v) is 13.2. The van der Waals surface area contributed by atoms with E-state index in [4.69, 9.17) is 9.47 Å². The highest BCUT2D eigenvalue weighted by molar-refractivity contribution is 5.91. The number of rotatable bonds is 7. The summed E-state index contributed by atoms with van der Waals surface area (Å²) in [6.07, 6.45) is 3.66. The van der Waals surface area contributed by atoms with E-state index >= 15 is 0 Å². The first-order chi connectivity index (χ1) is 11.7. The maximum absolute atomic E-state index is 12.8. The zero-order chi connectivity index (χ0) is 16.8. The summed E-state index contributed by atoms with van der Waals surface area (Å²) in [6, 6.07) is 5.78. The topological polar surface area (TPSA) is 78.3 Å². The Morgan fingerprint density at radius 1 is 1.42 bits per heavy atom. The number of nitrogens with zero attached hydrogens (tertiary/aromatic N) is 3. The molecule has 1 aliphatic rings. The fraction of sp³-hybridized carbons (Fsp3) is 0.438. The molecule has 0 aliphatic carbocycles. The van der Waals surface area contributed by atoms with Gasteiger partial charge in [-0.15, -0.1) is 5.10 Å². The van der Waals surface area contributed by atoms with Crippen LogP contribution in [-0.4, -0.2) is 46.8 Å². The molecule has 1 aromatic carbocycles. The minimum Gasteiger partial charge on any atom is -0.492 e. The third-order valence-corrected chi connectivity index (χ3v) is 3.69. The molecule has 1 saturated heterocycles. The third kappa shape index (κ3) is 4.51. The fourth-order valence-corrected chi connectivity index (χ4v) is 2.40. The van der Waals surface area contributed by atoms with Crippen LogP contribution in [0.1, 0.15) is 23.3 Å². The number of carbonyl (C=O) groups excluding carboxylic acids is 1. The summed E-state index contributed by atoms with van der Waals surface area (Å²) < 4.78 is 25.3. The molecule has 24 heavy (non-hydrogen) atoms. The van der Waals surface area contributed by atoms with Gasteiger partial charge in [0, 0.05) is 13.2 Å². The number of amides is 1. The van der Waals surface area contributed by atoms with Crippen molar-refractivity contribution in [2.24, 2.45) is 0 Å². The molecule has 0 radical (unpaired) electrons. The Kier molecular flexibility index (Phi) is 5.37. The van der Waals surface area contributed by atoms with Gasteiger partial charge < -0.3 is 14.8 Å². The maximum Gasteiger partial charge on any atom is 0.273 e. The van der Waals surface area contributed by atoms with Crippen LogP contribution in [0.15, 0.2) is 30.5 Å². The molecular weight excluding hydrogens is 315 g/mol. The van der Waals surface area contributed by atoms with E-state index in [0.717, 1.165) is 19.4 Å². The van der Waals surface area contributed by atoms with Gasteiger partial charge in [-0.3, -0.25) is 4.79 Å². The molecule has 2 heterocycles. The lowest BCUT2D eigenvalue weighted by molar-refractivity contribution is 0.0853. The van der Waals surface area contributed by atoms with Crippen molar-refractivity contribution >= 4 is 5.91 Å². The van der Waals surface area contributed by atoms with E-state index in [0.29, 0.717) is 25.4 Å². The van der Waals surface area contributed by atoms with Gasteiger partial charge in [-0.2, -0.15) is 0 Å². The van der Waals surface area contributed by atoms with Gasteiger partial charge in [0.05, 0.1) is 18.8 Å². The van der Waals surface area contributed by atoms with E-state index < -0.39 is 0 Å². The molecule has 3 rings (SSSR count). The average Bonchev–Trinajstić information content (AvgIpc) is 3.26. The summed E-state index contributed by atoms with van der Waals surface area (Å²) in [5, 5.41) is 10.5. The van der Waals surface area contributed by atoms with Crippen LogP contribution >= 0.6 is 0 Å². The molecular formula is C16H19FN4O3. The van der Waals surface area contributed by atoms with E-state index in [1.54, 1.807) is 18.3 Å². The zero-order valence-electron chi connectivity index (χ0n) is 13.2. The van der Waals surface area contributed by atoms with Crippen LogP contribution < -0.4 is 10.1 Å². The quantitative estimate of drug-likeness (QED) is 0.828. The first-order valence-corrected chi connectivity index (χ1v) is 7.89. The molecule has 128 valence electrons. The van der Waals surface area contributed by atoms with Gasteiger partial charge >= 0.3 is 0 Å². The Bertz CT molecular complexity index is 668. The molecule has 1 aromatic heterocycles. The number of aromatic nitrogens is 3. The molecule has 0 saturated carbocycles. The molecule has 0 unspecified atom stereocenters. The number of nitrogens with one attached hydrogen (secondary N) is 1. The maximum atomic E-state index is 12.8. The van der Waals surface area contributed by atoms with Crippen molar-refractivity contribution < 1.29 is 18.7 Å². The van der Waals surface area contributed by atoms with Crippen molar-refractivity contribution in [1.29, 1.82) is 0 Å². The Morgan fingerprint density at radius 3 is 3.00 bits per heavy atom. The summed E-state index contributed by atoms with van der Waals surface area (Å²) in [5.41, 5.74) is 0.259. The monoisotopic (exact) mass is 334 g/mol. The van der Waals surface area contributed by atoms with Crippen molar-refractivity contribution in [2.45, 2.75) is 25.5 Å². The molecule has 0 spiro atoms. The van der Waals surface area contributed by atoms with Gasteiger partial charge in [0.2, 0.25) is 0 Å². The number of benzene rings is 1. The molecule has 2 aromatic rings. The number of carbonyl (C=O) groups is 1. The first-order valence-electron chi connectivity index (χ1n) is 7.89. The predicted molar refractivity (Wildman–Crippen MR) is 83.2 cm³/mol. The van der Waals surface area contributed by atoms with Crippen LogP contribution in [0.25, 0.3) is 0 Å². The van der Waals surface area contributed by atoms with E-state index in [1.807, 2.05) is 0 Å². The van der Waals surface area contributed by atoms with Crippen molar-refractivity contribution in [1.82, 2.24) is 20.3 Å². The highest BCUT2D eigenvalue weighted by Crippen LogP contribution is 2.11. The summed E-state index contributed by atoms with van der Waals surface area (Å²) in [4.78, 5) is 12.0. The van der Waals surface area contributed by atoms with E-state index in [1.165, 1.54) is 16.8 Å². The largest absolute Gasteiger partial charge is 0.492 e. The van der Waals surface area contributed by atoms with Crippen LogP contribution in [0.3, 0.4) is 0 Å². The lowest BCUT2D eigenvalue weighted by Gasteiger charge is -2.09. The van der Waals surface area contributed by atoms with Crippen LogP contribution in [0.4, 0.5) is 4.39 Å². The smallest absolute Gasteiger partial charge is 0.273 e. The lowest BCUT2D eigenvalue weighted by Crippen LogP contribution is -2.31. The van der Waals surface area contributed by atoms with E-state index in [9.17, 15) is 9.18 Å². The normalized spacial score (nSPS) is 17.0. The number of ether oxygens (including phenoxy) is 2. The van der Waals surface area contributed by atoms with Crippen molar-refractivity contribution in [3.8, 4) is 5.75 Å². The fourth-order valence-electron chi connectivity index (χ4n) is 2.40. The summed E-state index contributed by atoms with van der Waals surface area (Å²) in [7, 11) is 0. The summed E-state index contributed by atoms with van der Waals surface area (Å²) in [6.45, 7) is 2.01. The van der Waals surface area contributed by atoms with Crippen molar-refractivity contribution in [3.63, 3.8) is 0 Å². The van der Waals surface area contributed by atoms with Crippen LogP contribution in [-0.2, 0) is 11.3 Å².